The highest BCUT2D eigenvalue weighted by Gasteiger charge is 2.31. The molecule has 4 nitrogen and oxygen atoms in total. The summed E-state index contributed by atoms with van der Waals surface area (Å²) < 4.78 is 5.24. The Morgan fingerprint density at radius 2 is 2.28 bits per heavy atom. The van der Waals surface area contributed by atoms with Crippen LogP contribution in [0.1, 0.15) is 23.4 Å². The number of esters is 1. The summed E-state index contributed by atoms with van der Waals surface area (Å²) in [5.74, 6) is -0.120. The second kappa shape index (κ2) is 6.31. The van der Waals surface area contributed by atoms with Crippen molar-refractivity contribution in [2.75, 3.05) is 32.8 Å². The number of carbonyl (C=O) groups is 1. The third-order valence-corrected chi connectivity index (χ3v) is 4.25. The molecule has 0 bridgehead atoms. The van der Waals surface area contributed by atoms with Crippen LogP contribution in [0.4, 0.5) is 0 Å². The minimum absolute atomic E-state index is 0.120. The minimum atomic E-state index is -0.230. The fraction of sp³-hybridized carbons (Fsp3) is 0.615. The van der Waals surface area contributed by atoms with Crippen molar-refractivity contribution in [2.45, 2.75) is 19.9 Å². The van der Waals surface area contributed by atoms with E-state index in [0.29, 0.717) is 6.61 Å². The van der Waals surface area contributed by atoms with Crippen LogP contribution < -0.4 is 5.32 Å². The van der Waals surface area contributed by atoms with Gasteiger partial charge in [0.1, 0.15) is 6.04 Å². The number of piperazine rings is 1. The van der Waals surface area contributed by atoms with Gasteiger partial charge in [-0.15, -0.1) is 11.3 Å². The molecule has 1 unspecified atom stereocenters. The predicted molar refractivity (Wildman–Crippen MR) is 72.9 cm³/mol. The van der Waals surface area contributed by atoms with Crippen LogP contribution in [-0.4, -0.2) is 43.7 Å². The van der Waals surface area contributed by atoms with Gasteiger partial charge in [-0.05, 0) is 30.9 Å². The van der Waals surface area contributed by atoms with Crippen molar-refractivity contribution in [3.05, 3.63) is 21.9 Å². The first kappa shape index (κ1) is 13.5. The normalized spacial score (nSPS) is 18.6. The van der Waals surface area contributed by atoms with Crippen LogP contribution in [0.3, 0.4) is 0 Å². The van der Waals surface area contributed by atoms with Gasteiger partial charge in [-0.3, -0.25) is 4.90 Å². The van der Waals surface area contributed by atoms with Gasteiger partial charge in [-0.25, -0.2) is 4.79 Å². The molecule has 1 aromatic heterocycles. The van der Waals surface area contributed by atoms with Crippen LogP contribution in [0.2, 0.25) is 0 Å². The second-order valence-corrected chi connectivity index (χ2v) is 5.36. The number of carbonyl (C=O) groups excluding carboxylic acids is 1. The monoisotopic (exact) mass is 268 g/mol. The summed E-state index contributed by atoms with van der Waals surface area (Å²) in [6.45, 7) is 7.99. The first-order valence-electron chi connectivity index (χ1n) is 6.39. The van der Waals surface area contributed by atoms with E-state index in [4.69, 9.17) is 4.74 Å². The standard InChI is InChI=1S/C13H20N2O2S/c1-3-17-13(16)11(12-10(2)4-9-18-12)15-7-5-14-6-8-15/h4,9,11,14H,3,5-8H2,1-2H3. The molecule has 0 amide bonds. The molecule has 2 heterocycles. The number of rotatable bonds is 4. The molecule has 2 rings (SSSR count). The molecule has 0 spiro atoms. The summed E-state index contributed by atoms with van der Waals surface area (Å²) in [5.41, 5.74) is 1.18. The van der Waals surface area contributed by atoms with Gasteiger partial charge in [-0.2, -0.15) is 0 Å². The highest BCUT2D eigenvalue weighted by atomic mass is 32.1. The smallest absolute Gasteiger partial charge is 0.328 e. The average Bonchev–Trinajstić information content (AvgIpc) is 2.78. The van der Waals surface area contributed by atoms with E-state index in [1.807, 2.05) is 12.3 Å². The number of ether oxygens (including phenoxy) is 1. The molecule has 0 aliphatic carbocycles. The Bertz CT molecular complexity index is 399. The molecule has 1 aromatic rings. The zero-order valence-electron chi connectivity index (χ0n) is 10.9. The molecule has 1 fully saturated rings. The van der Waals surface area contributed by atoms with Gasteiger partial charge in [0.05, 0.1) is 6.61 Å². The van der Waals surface area contributed by atoms with Crippen LogP contribution in [0.25, 0.3) is 0 Å². The van der Waals surface area contributed by atoms with Gasteiger partial charge in [0.2, 0.25) is 0 Å². The van der Waals surface area contributed by atoms with E-state index in [1.54, 1.807) is 11.3 Å². The van der Waals surface area contributed by atoms with Crippen LogP contribution in [0, 0.1) is 6.92 Å². The lowest BCUT2D eigenvalue weighted by atomic mass is 10.1. The van der Waals surface area contributed by atoms with Crippen molar-refractivity contribution >= 4 is 17.3 Å². The molecule has 0 aromatic carbocycles. The topological polar surface area (TPSA) is 41.6 Å². The quantitative estimate of drug-likeness (QED) is 0.842. The molecular weight excluding hydrogens is 248 g/mol. The molecule has 5 heteroatoms. The number of nitrogens with one attached hydrogen (secondary N) is 1. The summed E-state index contributed by atoms with van der Waals surface area (Å²) in [6.07, 6.45) is 0. The molecule has 1 aliphatic rings. The van der Waals surface area contributed by atoms with Crippen molar-refractivity contribution in [3.63, 3.8) is 0 Å². The van der Waals surface area contributed by atoms with E-state index in [0.717, 1.165) is 31.1 Å². The largest absolute Gasteiger partial charge is 0.465 e. The van der Waals surface area contributed by atoms with Crippen molar-refractivity contribution < 1.29 is 9.53 Å². The molecule has 100 valence electrons. The molecule has 1 saturated heterocycles. The fourth-order valence-corrected chi connectivity index (χ4v) is 3.29. The lowest BCUT2D eigenvalue weighted by Gasteiger charge is -2.33. The summed E-state index contributed by atoms with van der Waals surface area (Å²) >= 11 is 1.64. The van der Waals surface area contributed by atoms with E-state index >= 15 is 0 Å². The van der Waals surface area contributed by atoms with E-state index in [2.05, 4.69) is 23.2 Å². The van der Waals surface area contributed by atoms with Crippen LogP contribution in [-0.2, 0) is 9.53 Å². The number of nitrogens with zero attached hydrogens (tertiary/aromatic N) is 1. The Labute approximate surface area is 112 Å². The van der Waals surface area contributed by atoms with Gasteiger partial charge < -0.3 is 10.1 Å². The Balaban J connectivity index is 2.22. The van der Waals surface area contributed by atoms with E-state index in [1.165, 1.54) is 5.56 Å². The minimum Gasteiger partial charge on any atom is -0.465 e. The average molecular weight is 268 g/mol. The van der Waals surface area contributed by atoms with Crippen molar-refractivity contribution in [2.24, 2.45) is 0 Å². The highest BCUT2D eigenvalue weighted by Crippen LogP contribution is 2.30. The maximum Gasteiger partial charge on any atom is 0.328 e. The zero-order chi connectivity index (χ0) is 13.0. The Morgan fingerprint density at radius 1 is 1.56 bits per heavy atom. The van der Waals surface area contributed by atoms with E-state index < -0.39 is 0 Å². The lowest BCUT2D eigenvalue weighted by Crippen LogP contribution is -2.47. The second-order valence-electron chi connectivity index (χ2n) is 4.41. The third kappa shape index (κ3) is 2.91. The van der Waals surface area contributed by atoms with E-state index in [9.17, 15) is 4.79 Å². The highest BCUT2D eigenvalue weighted by molar-refractivity contribution is 7.10. The Kier molecular flexibility index (Phi) is 4.74. The van der Waals surface area contributed by atoms with Crippen LogP contribution in [0.15, 0.2) is 11.4 Å². The van der Waals surface area contributed by atoms with Crippen molar-refractivity contribution in [1.29, 1.82) is 0 Å². The summed E-state index contributed by atoms with van der Waals surface area (Å²) in [5, 5.41) is 5.35. The fourth-order valence-electron chi connectivity index (χ4n) is 2.25. The molecule has 18 heavy (non-hydrogen) atoms. The maximum atomic E-state index is 12.2. The van der Waals surface area contributed by atoms with E-state index in [-0.39, 0.29) is 12.0 Å². The van der Waals surface area contributed by atoms with Crippen LogP contribution in [0.5, 0.6) is 0 Å². The number of hydrogen-bond acceptors (Lipinski definition) is 5. The van der Waals surface area contributed by atoms with Gasteiger partial charge >= 0.3 is 5.97 Å². The molecule has 1 atom stereocenters. The van der Waals surface area contributed by atoms with Crippen LogP contribution >= 0.6 is 11.3 Å². The maximum absolute atomic E-state index is 12.2. The van der Waals surface area contributed by atoms with Crippen molar-refractivity contribution in [1.82, 2.24) is 10.2 Å². The van der Waals surface area contributed by atoms with Gasteiger partial charge in [0.25, 0.3) is 0 Å². The third-order valence-electron chi connectivity index (χ3n) is 3.18. The first-order valence-corrected chi connectivity index (χ1v) is 7.27. The zero-order valence-corrected chi connectivity index (χ0v) is 11.8. The lowest BCUT2D eigenvalue weighted by molar-refractivity contribution is -0.150. The molecule has 0 radical (unpaired) electrons. The number of thiophene rings is 1. The summed E-state index contributed by atoms with van der Waals surface area (Å²) in [6, 6.07) is 1.83. The molecule has 0 saturated carbocycles. The number of aryl methyl sites for hydroxylation is 1. The molecule has 1 N–H and O–H groups in total. The Morgan fingerprint density at radius 3 is 2.83 bits per heavy atom. The number of hydrogen-bond donors (Lipinski definition) is 1. The SMILES string of the molecule is CCOC(=O)C(c1sccc1C)N1CCNCC1. The first-order chi connectivity index (χ1) is 8.74. The summed E-state index contributed by atoms with van der Waals surface area (Å²) in [4.78, 5) is 15.6. The van der Waals surface area contributed by atoms with Crippen molar-refractivity contribution in [3.8, 4) is 0 Å². The van der Waals surface area contributed by atoms with Gasteiger partial charge in [-0.1, -0.05) is 0 Å². The van der Waals surface area contributed by atoms with Gasteiger partial charge in [0, 0.05) is 31.1 Å². The Hall–Kier alpha value is -0.910. The molecule has 1 aliphatic heterocycles. The summed E-state index contributed by atoms with van der Waals surface area (Å²) in [7, 11) is 0. The van der Waals surface area contributed by atoms with Gasteiger partial charge in [0.15, 0.2) is 0 Å². The molecular formula is C13H20N2O2S. The predicted octanol–water partition coefficient (Wildman–Crippen LogP) is 1.57.